The Bertz CT molecular complexity index is 490. The van der Waals surface area contributed by atoms with Crippen LogP contribution in [0.15, 0.2) is 4.79 Å². The van der Waals surface area contributed by atoms with Gasteiger partial charge in [-0.15, -0.1) is 0 Å². The maximum Gasteiger partial charge on any atom is 0.254 e. The molecule has 0 aromatic carbocycles. The lowest BCUT2D eigenvalue weighted by Crippen LogP contribution is -2.24. The van der Waals surface area contributed by atoms with E-state index in [0.29, 0.717) is 5.92 Å². The first-order valence-electron chi connectivity index (χ1n) is 7.63. The Kier molecular flexibility index (Phi) is 4.43. The monoisotopic (exact) mass is 262 g/mol. The SMILES string of the molecule is CCC1CCCC(c2nc(C)c(C(C)C)c(=O)[nH]2)C1. The molecule has 1 fully saturated rings. The zero-order chi connectivity index (χ0) is 14.0. The third-order valence-electron chi connectivity index (χ3n) is 4.49. The van der Waals surface area contributed by atoms with Crippen LogP contribution in [-0.2, 0) is 0 Å². The van der Waals surface area contributed by atoms with Crippen molar-refractivity contribution in [3.63, 3.8) is 0 Å². The van der Waals surface area contributed by atoms with E-state index in [0.717, 1.165) is 23.0 Å². The molecule has 0 bridgehead atoms. The first-order valence-corrected chi connectivity index (χ1v) is 7.63. The van der Waals surface area contributed by atoms with E-state index in [1.165, 1.54) is 32.1 Å². The minimum Gasteiger partial charge on any atom is -0.310 e. The highest BCUT2D eigenvalue weighted by atomic mass is 16.1. The molecule has 106 valence electrons. The fraction of sp³-hybridized carbons (Fsp3) is 0.750. The number of aryl methyl sites for hydroxylation is 1. The second-order valence-corrected chi connectivity index (χ2v) is 6.24. The maximum absolute atomic E-state index is 12.2. The molecule has 3 nitrogen and oxygen atoms in total. The number of nitrogens with one attached hydrogen (secondary N) is 1. The van der Waals surface area contributed by atoms with E-state index in [1.807, 2.05) is 20.8 Å². The van der Waals surface area contributed by atoms with Gasteiger partial charge >= 0.3 is 0 Å². The molecule has 0 aliphatic heterocycles. The normalized spacial score (nSPS) is 23.8. The predicted octanol–water partition coefficient (Wildman–Crippen LogP) is 3.89. The minimum atomic E-state index is 0.0659. The Hall–Kier alpha value is -1.12. The van der Waals surface area contributed by atoms with Crippen LogP contribution in [-0.4, -0.2) is 9.97 Å². The van der Waals surface area contributed by atoms with Crippen molar-refractivity contribution < 1.29 is 0 Å². The summed E-state index contributed by atoms with van der Waals surface area (Å²) in [6, 6.07) is 0. The summed E-state index contributed by atoms with van der Waals surface area (Å²) in [5.41, 5.74) is 1.81. The van der Waals surface area contributed by atoms with Gasteiger partial charge in [-0.3, -0.25) is 4.79 Å². The van der Waals surface area contributed by atoms with E-state index >= 15 is 0 Å². The smallest absolute Gasteiger partial charge is 0.254 e. The average Bonchev–Trinajstić information content (AvgIpc) is 2.37. The summed E-state index contributed by atoms with van der Waals surface area (Å²) in [6.45, 7) is 8.32. The summed E-state index contributed by atoms with van der Waals surface area (Å²) < 4.78 is 0. The first kappa shape index (κ1) is 14.3. The number of aromatic amines is 1. The van der Waals surface area contributed by atoms with Crippen LogP contribution in [0.4, 0.5) is 0 Å². The first-order chi connectivity index (χ1) is 9.02. The van der Waals surface area contributed by atoms with Crippen molar-refractivity contribution in [3.05, 3.63) is 27.4 Å². The molecule has 0 spiro atoms. The van der Waals surface area contributed by atoms with Gasteiger partial charge in [-0.1, -0.05) is 40.0 Å². The second-order valence-electron chi connectivity index (χ2n) is 6.24. The molecule has 1 N–H and O–H groups in total. The summed E-state index contributed by atoms with van der Waals surface area (Å²) in [6.07, 6.45) is 6.18. The fourth-order valence-electron chi connectivity index (χ4n) is 3.40. The van der Waals surface area contributed by atoms with Crippen molar-refractivity contribution in [1.29, 1.82) is 0 Å². The van der Waals surface area contributed by atoms with E-state index in [9.17, 15) is 4.79 Å². The van der Waals surface area contributed by atoms with Crippen LogP contribution in [0.1, 0.15) is 81.8 Å². The number of nitrogens with zero attached hydrogens (tertiary/aromatic N) is 1. The zero-order valence-corrected chi connectivity index (χ0v) is 12.6. The molecule has 19 heavy (non-hydrogen) atoms. The van der Waals surface area contributed by atoms with Gasteiger partial charge in [0.05, 0.1) is 0 Å². The fourth-order valence-corrected chi connectivity index (χ4v) is 3.40. The van der Waals surface area contributed by atoms with Gasteiger partial charge in [0.25, 0.3) is 5.56 Å². The van der Waals surface area contributed by atoms with Crippen molar-refractivity contribution >= 4 is 0 Å². The van der Waals surface area contributed by atoms with E-state index in [4.69, 9.17) is 4.98 Å². The molecular weight excluding hydrogens is 236 g/mol. The van der Waals surface area contributed by atoms with Gasteiger partial charge in [0, 0.05) is 17.2 Å². The molecule has 1 aromatic rings. The summed E-state index contributed by atoms with van der Waals surface area (Å²) in [7, 11) is 0. The van der Waals surface area contributed by atoms with E-state index in [1.54, 1.807) is 0 Å². The molecule has 1 heterocycles. The molecule has 1 aromatic heterocycles. The molecule has 1 aliphatic rings. The van der Waals surface area contributed by atoms with Crippen molar-refractivity contribution in [3.8, 4) is 0 Å². The largest absolute Gasteiger partial charge is 0.310 e. The zero-order valence-electron chi connectivity index (χ0n) is 12.6. The maximum atomic E-state index is 12.2. The highest BCUT2D eigenvalue weighted by Gasteiger charge is 2.24. The summed E-state index contributed by atoms with van der Waals surface area (Å²) in [5.74, 6) is 2.41. The Morgan fingerprint density at radius 3 is 2.68 bits per heavy atom. The number of rotatable bonds is 3. The molecule has 2 unspecified atom stereocenters. The highest BCUT2D eigenvalue weighted by molar-refractivity contribution is 5.21. The third-order valence-corrected chi connectivity index (χ3v) is 4.49. The number of aromatic nitrogens is 2. The quantitative estimate of drug-likeness (QED) is 0.898. The number of hydrogen-bond acceptors (Lipinski definition) is 2. The Balaban J connectivity index is 2.29. The molecule has 0 radical (unpaired) electrons. The van der Waals surface area contributed by atoms with E-state index < -0.39 is 0 Å². The van der Waals surface area contributed by atoms with Gasteiger partial charge in [-0.05, 0) is 31.6 Å². The lowest BCUT2D eigenvalue weighted by molar-refractivity contribution is 0.306. The number of H-pyrrole nitrogens is 1. The molecule has 3 heteroatoms. The summed E-state index contributed by atoms with van der Waals surface area (Å²) in [5, 5.41) is 0. The van der Waals surface area contributed by atoms with Crippen LogP contribution < -0.4 is 5.56 Å². The molecular formula is C16H26N2O. The van der Waals surface area contributed by atoms with Crippen LogP contribution in [0.3, 0.4) is 0 Å². The summed E-state index contributed by atoms with van der Waals surface area (Å²) in [4.78, 5) is 19.9. The van der Waals surface area contributed by atoms with Crippen LogP contribution in [0.2, 0.25) is 0 Å². The van der Waals surface area contributed by atoms with Crippen molar-refractivity contribution in [2.75, 3.05) is 0 Å². The highest BCUT2D eigenvalue weighted by Crippen LogP contribution is 2.36. The van der Waals surface area contributed by atoms with Gasteiger partial charge < -0.3 is 4.98 Å². The molecule has 2 atom stereocenters. The predicted molar refractivity (Wildman–Crippen MR) is 78.7 cm³/mol. The molecule has 1 saturated carbocycles. The van der Waals surface area contributed by atoms with Gasteiger partial charge in [-0.2, -0.15) is 0 Å². The van der Waals surface area contributed by atoms with Gasteiger partial charge in [0.15, 0.2) is 0 Å². The third kappa shape index (κ3) is 3.07. The minimum absolute atomic E-state index is 0.0659. The van der Waals surface area contributed by atoms with E-state index in [-0.39, 0.29) is 11.5 Å². The lowest BCUT2D eigenvalue weighted by atomic mass is 9.80. The second kappa shape index (κ2) is 5.89. The lowest BCUT2D eigenvalue weighted by Gasteiger charge is -2.28. The summed E-state index contributed by atoms with van der Waals surface area (Å²) >= 11 is 0. The van der Waals surface area contributed by atoms with Crippen LogP contribution in [0.5, 0.6) is 0 Å². The van der Waals surface area contributed by atoms with Crippen molar-refractivity contribution in [2.24, 2.45) is 5.92 Å². The van der Waals surface area contributed by atoms with Crippen LogP contribution >= 0.6 is 0 Å². The van der Waals surface area contributed by atoms with Gasteiger partial charge in [0.1, 0.15) is 5.82 Å². The Labute approximate surface area is 115 Å². The van der Waals surface area contributed by atoms with Crippen molar-refractivity contribution in [2.45, 2.75) is 71.6 Å². The molecule has 0 amide bonds. The Morgan fingerprint density at radius 1 is 1.37 bits per heavy atom. The van der Waals surface area contributed by atoms with Crippen molar-refractivity contribution in [1.82, 2.24) is 9.97 Å². The molecule has 0 saturated heterocycles. The number of hydrogen-bond donors (Lipinski definition) is 1. The topological polar surface area (TPSA) is 45.8 Å². The van der Waals surface area contributed by atoms with Gasteiger partial charge in [-0.25, -0.2) is 4.98 Å². The standard InChI is InChI=1S/C16H26N2O/c1-5-12-7-6-8-13(9-12)15-17-11(4)14(10(2)3)16(19)18-15/h10,12-13H,5-9H2,1-4H3,(H,17,18,19). The van der Waals surface area contributed by atoms with Crippen LogP contribution in [0, 0.1) is 12.8 Å². The average molecular weight is 262 g/mol. The van der Waals surface area contributed by atoms with Gasteiger partial charge in [0.2, 0.25) is 0 Å². The molecule has 2 rings (SSSR count). The Morgan fingerprint density at radius 2 is 2.11 bits per heavy atom. The molecule has 1 aliphatic carbocycles. The van der Waals surface area contributed by atoms with E-state index in [2.05, 4.69) is 11.9 Å². The van der Waals surface area contributed by atoms with Crippen LogP contribution in [0.25, 0.3) is 0 Å².